The van der Waals surface area contributed by atoms with E-state index in [4.69, 9.17) is 15.2 Å². The maximum Gasteiger partial charge on any atom is 0.267 e. The Hall–Kier alpha value is -3.89. The van der Waals surface area contributed by atoms with E-state index in [0.29, 0.717) is 43.5 Å². The predicted molar refractivity (Wildman–Crippen MR) is 118 cm³/mol. The molecule has 11 heteroatoms. The maximum atomic E-state index is 13.0. The summed E-state index contributed by atoms with van der Waals surface area (Å²) in [5, 5.41) is 4.15. The van der Waals surface area contributed by atoms with Gasteiger partial charge in [-0.25, -0.2) is 4.98 Å². The molecule has 1 saturated heterocycles. The summed E-state index contributed by atoms with van der Waals surface area (Å²) in [6, 6.07) is 7.30. The number of aryl methyl sites for hydroxylation is 2. The molecule has 2 N–H and O–H groups in total. The molecule has 0 aliphatic carbocycles. The highest BCUT2D eigenvalue weighted by Crippen LogP contribution is 2.31. The number of piperazine rings is 1. The molecule has 5 rings (SSSR count). The van der Waals surface area contributed by atoms with Gasteiger partial charge in [0.25, 0.3) is 11.7 Å². The van der Waals surface area contributed by atoms with E-state index in [0.717, 1.165) is 17.0 Å². The van der Waals surface area contributed by atoms with Gasteiger partial charge in [0.2, 0.25) is 18.0 Å². The Morgan fingerprint density at radius 2 is 1.76 bits per heavy atom. The van der Waals surface area contributed by atoms with Crippen molar-refractivity contribution in [3.63, 3.8) is 0 Å². The molecule has 0 spiro atoms. The van der Waals surface area contributed by atoms with Gasteiger partial charge in [-0.2, -0.15) is 9.50 Å². The molecule has 33 heavy (non-hydrogen) atoms. The molecule has 0 saturated carbocycles. The van der Waals surface area contributed by atoms with Gasteiger partial charge in [-0.3, -0.25) is 9.59 Å². The van der Waals surface area contributed by atoms with Crippen molar-refractivity contribution >= 4 is 23.5 Å². The van der Waals surface area contributed by atoms with Crippen molar-refractivity contribution in [3.8, 4) is 11.5 Å². The van der Waals surface area contributed by atoms with E-state index >= 15 is 0 Å². The number of ether oxygens (including phenoxy) is 2. The van der Waals surface area contributed by atoms with Gasteiger partial charge in [-0.05, 0) is 26.0 Å². The maximum absolute atomic E-state index is 13.0. The fraction of sp³-hybridized carbons (Fsp3) is 0.409. The third-order valence-electron chi connectivity index (χ3n) is 6.12. The number of carbonyl (C=O) groups is 2. The number of fused-ring (bicyclic) bond motifs is 2. The second-order valence-corrected chi connectivity index (χ2v) is 8.19. The van der Waals surface area contributed by atoms with Crippen LogP contribution in [0.3, 0.4) is 0 Å². The lowest BCUT2D eigenvalue weighted by atomic mass is 10.1. The van der Waals surface area contributed by atoms with Gasteiger partial charge in [-0.15, -0.1) is 5.10 Å². The van der Waals surface area contributed by atoms with Crippen molar-refractivity contribution in [2.24, 2.45) is 0 Å². The molecule has 2 aliphatic heterocycles. The number of hydrogen-bond acceptors (Lipinski definition) is 8. The van der Waals surface area contributed by atoms with Crippen molar-refractivity contribution in [2.75, 3.05) is 38.5 Å². The average Bonchev–Trinajstić information content (AvgIpc) is 3.21. The quantitative estimate of drug-likeness (QED) is 0.605. The summed E-state index contributed by atoms with van der Waals surface area (Å²) in [5.41, 5.74) is 8.01. The minimum absolute atomic E-state index is 0.0197. The summed E-state index contributed by atoms with van der Waals surface area (Å²) in [5.74, 6) is 1.63. The van der Waals surface area contributed by atoms with Gasteiger partial charge in [0, 0.05) is 43.1 Å². The van der Waals surface area contributed by atoms with Crippen LogP contribution in [0.2, 0.25) is 0 Å². The molecule has 3 aromatic rings. The monoisotopic (exact) mass is 451 g/mol. The first-order valence-electron chi connectivity index (χ1n) is 10.8. The summed E-state index contributed by atoms with van der Waals surface area (Å²) in [4.78, 5) is 37.9. The Labute approximate surface area is 190 Å². The Kier molecular flexibility index (Phi) is 5.23. The van der Waals surface area contributed by atoms with Crippen molar-refractivity contribution < 1.29 is 19.1 Å². The normalized spacial score (nSPS) is 17.9. The van der Waals surface area contributed by atoms with Crippen LogP contribution in [0.25, 0.3) is 5.78 Å². The van der Waals surface area contributed by atoms with Crippen molar-refractivity contribution in [2.45, 2.75) is 26.4 Å². The molecule has 2 amide bonds. The zero-order valence-corrected chi connectivity index (χ0v) is 18.5. The molecule has 1 unspecified atom stereocenters. The van der Waals surface area contributed by atoms with Gasteiger partial charge in [0.15, 0.2) is 11.5 Å². The van der Waals surface area contributed by atoms with Gasteiger partial charge in [0.1, 0.15) is 6.61 Å². The predicted octanol–water partition coefficient (Wildman–Crippen LogP) is 0.377. The first-order valence-corrected chi connectivity index (χ1v) is 10.8. The fourth-order valence-electron chi connectivity index (χ4n) is 4.26. The second-order valence-electron chi connectivity index (χ2n) is 8.19. The molecule has 172 valence electrons. The number of hydrogen-bond donors (Lipinski definition) is 1. The van der Waals surface area contributed by atoms with Crippen LogP contribution >= 0.6 is 0 Å². The van der Waals surface area contributed by atoms with Crippen molar-refractivity contribution in [1.82, 2.24) is 29.4 Å². The number of nitrogen functional groups attached to an aromatic ring is 1. The van der Waals surface area contributed by atoms with E-state index in [9.17, 15) is 9.59 Å². The largest absolute Gasteiger partial charge is 0.485 e. The summed E-state index contributed by atoms with van der Waals surface area (Å²) < 4.78 is 13.1. The minimum atomic E-state index is -0.680. The Balaban J connectivity index is 1.20. The highest BCUT2D eigenvalue weighted by Gasteiger charge is 2.33. The SMILES string of the molecule is Cc1nc2nc(N)nn2c(C)c1CC(=O)N1CCN(C(=O)C2COc3ccccc3O2)CC1. The number of rotatable bonds is 3. The van der Waals surface area contributed by atoms with Crippen molar-refractivity contribution in [1.29, 1.82) is 0 Å². The Morgan fingerprint density at radius 1 is 1.06 bits per heavy atom. The number of benzene rings is 1. The van der Waals surface area contributed by atoms with E-state index < -0.39 is 6.10 Å². The molecular weight excluding hydrogens is 426 g/mol. The van der Waals surface area contributed by atoms with E-state index in [1.807, 2.05) is 32.0 Å². The van der Waals surface area contributed by atoms with Crippen LogP contribution in [0.4, 0.5) is 5.95 Å². The third kappa shape index (κ3) is 3.90. The van der Waals surface area contributed by atoms with Crippen LogP contribution in [-0.4, -0.2) is 80.1 Å². The van der Waals surface area contributed by atoms with Crippen LogP contribution in [0, 0.1) is 13.8 Å². The topological polar surface area (TPSA) is 128 Å². The average molecular weight is 451 g/mol. The van der Waals surface area contributed by atoms with Gasteiger partial charge < -0.3 is 25.0 Å². The minimum Gasteiger partial charge on any atom is -0.485 e. The van der Waals surface area contributed by atoms with E-state index in [2.05, 4.69) is 15.1 Å². The van der Waals surface area contributed by atoms with Crippen LogP contribution in [0.5, 0.6) is 11.5 Å². The number of anilines is 1. The van der Waals surface area contributed by atoms with Crippen LogP contribution in [-0.2, 0) is 16.0 Å². The Bertz CT molecular complexity index is 1230. The second kappa shape index (κ2) is 8.23. The van der Waals surface area contributed by atoms with Gasteiger partial charge in [0.05, 0.1) is 6.42 Å². The number of amides is 2. The number of nitrogens with zero attached hydrogens (tertiary/aromatic N) is 6. The lowest BCUT2D eigenvalue weighted by Crippen LogP contribution is -2.55. The highest BCUT2D eigenvalue weighted by atomic mass is 16.6. The molecular formula is C22H25N7O4. The first kappa shape index (κ1) is 21.0. The zero-order valence-electron chi connectivity index (χ0n) is 18.5. The molecule has 0 radical (unpaired) electrons. The Morgan fingerprint density at radius 3 is 2.52 bits per heavy atom. The number of nitrogens with two attached hydrogens (primary N) is 1. The molecule has 4 heterocycles. The van der Waals surface area contributed by atoms with E-state index in [1.165, 1.54) is 0 Å². The molecule has 1 aromatic carbocycles. The first-order chi connectivity index (χ1) is 15.9. The molecule has 1 atom stereocenters. The highest BCUT2D eigenvalue weighted by molar-refractivity contribution is 5.83. The standard InChI is InChI=1S/C22H25N7O4/c1-13-15(14(2)29-22(24-13)25-21(23)26-29)11-19(30)27-7-9-28(10-8-27)20(31)18-12-32-16-5-3-4-6-17(16)33-18/h3-6,18H,7-12H2,1-2H3,(H2,23,26). The third-order valence-corrected chi connectivity index (χ3v) is 6.12. The lowest BCUT2D eigenvalue weighted by Gasteiger charge is -2.37. The number of carbonyl (C=O) groups excluding carboxylic acids is 2. The summed E-state index contributed by atoms with van der Waals surface area (Å²) in [6.45, 7) is 5.70. The van der Waals surface area contributed by atoms with Crippen LogP contribution in [0.1, 0.15) is 17.0 Å². The molecule has 1 fully saturated rings. The smallest absolute Gasteiger partial charge is 0.267 e. The summed E-state index contributed by atoms with van der Waals surface area (Å²) in [6.07, 6.45) is -0.481. The summed E-state index contributed by atoms with van der Waals surface area (Å²) >= 11 is 0. The van der Waals surface area contributed by atoms with Crippen LogP contribution in [0.15, 0.2) is 24.3 Å². The van der Waals surface area contributed by atoms with Gasteiger partial charge in [-0.1, -0.05) is 12.1 Å². The molecule has 0 bridgehead atoms. The molecule has 11 nitrogen and oxygen atoms in total. The van der Waals surface area contributed by atoms with E-state index in [1.54, 1.807) is 20.4 Å². The zero-order chi connectivity index (χ0) is 23.1. The summed E-state index contributed by atoms with van der Waals surface area (Å²) in [7, 11) is 0. The molecule has 2 aliphatic rings. The fourth-order valence-corrected chi connectivity index (χ4v) is 4.26. The number of aromatic nitrogens is 4. The molecule has 2 aromatic heterocycles. The van der Waals surface area contributed by atoms with Crippen molar-refractivity contribution in [3.05, 3.63) is 41.2 Å². The number of para-hydroxylation sites is 2. The van der Waals surface area contributed by atoms with E-state index in [-0.39, 0.29) is 30.8 Å². The van der Waals surface area contributed by atoms with Crippen LogP contribution < -0.4 is 15.2 Å². The van der Waals surface area contributed by atoms with Gasteiger partial charge >= 0.3 is 0 Å². The lowest BCUT2D eigenvalue weighted by molar-refractivity contribution is -0.146.